The maximum Gasteiger partial charge on any atom is 0.325 e. The summed E-state index contributed by atoms with van der Waals surface area (Å²) < 4.78 is 0. The van der Waals surface area contributed by atoms with Crippen LogP contribution in [0.3, 0.4) is 0 Å². The molecule has 0 bridgehead atoms. The summed E-state index contributed by atoms with van der Waals surface area (Å²) in [5, 5.41) is 5.78. The van der Waals surface area contributed by atoms with E-state index in [0.29, 0.717) is 17.4 Å². The highest BCUT2D eigenvalue weighted by atomic mass is 16.2. The molecule has 4 atom stereocenters. The van der Waals surface area contributed by atoms with Crippen LogP contribution in [0.2, 0.25) is 0 Å². The van der Waals surface area contributed by atoms with Gasteiger partial charge in [0.05, 0.1) is 0 Å². The molecule has 2 N–H and O–H groups in total. The van der Waals surface area contributed by atoms with Crippen LogP contribution in [-0.4, -0.2) is 35.3 Å². The molecule has 1 saturated heterocycles. The lowest BCUT2D eigenvalue weighted by Crippen LogP contribution is -2.48. The Morgan fingerprint density at radius 2 is 1.89 bits per heavy atom. The van der Waals surface area contributed by atoms with E-state index < -0.39 is 17.5 Å². The van der Waals surface area contributed by atoms with Crippen LogP contribution in [0.5, 0.6) is 0 Å². The van der Waals surface area contributed by atoms with Gasteiger partial charge in [-0.05, 0) is 37.7 Å². The topological polar surface area (TPSA) is 78.5 Å². The van der Waals surface area contributed by atoms with Gasteiger partial charge in [-0.1, -0.05) is 56.5 Å². The van der Waals surface area contributed by atoms with E-state index in [2.05, 4.69) is 24.5 Å². The fraction of sp³-hybridized carbons (Fsp3) is 0.571. The molecule has 1 aromatic carbocycles. The van der Waals surface area contributed by atoms with E-state index in [9.17, 15) is 14.4 Å². The average molecular weight is 371 g/mol. The Bertz CT molecular complexity index is 746. The molecule has 1 saturated carbocycles. The van der Waals surface area contributed by atoms with Crippen molar-refractivity contribution in [3.05, 3.63) is 35.4 Å². The minimum Gasteiger partial charge on any atom is -0.352 e. The normalized spacial score (nSPS) is 31.0. The molecule has 1 aliphatic heterocycles. The van der Waals surface area contributed by atoms with Crippen LogP contribution in [0.25, 0.3) is 0 Å². The van der Waals surface area contributed by atoms with E-state index in [1.54, 1.807) is 6.92 Å². The second kappa shape index (κ2) is 7.33. The molecule has 27 heavy (non-hydrogen) atoms. The Morgan fingerprint density at radius 1 is 1.22 bits per heavy atom. The van der Waals surface area contributed by atoms with E-state index in [4.69, 9.17) is 0 Å². The molecule has 3 rings (SSSR count). The van der Waals surface area contributed by atoms with Gasteiger partial charge >= 0.3 is 6.03 Å². The number of carbonyl (C=O) groups excluding carboxylic acids is 3. The van der Waals surface area contributed by atoms with Gasteiger partial charge in [0, 0.05) is 6.04 Å². The Balaban J connectivity index is 1.68. The maximum absolute atomic E-state index is 12.9. The zero-order valence-electron chi connectivity index (χ0n) is 16.5. The highest BCUT2D eigenvalue weighted by Crippen LogP contribution is 2.30. The third kappa shape index (κ3) is 3.70. The second-order valence-electron chi connectivity index (χ2n) is 8.25. The molecule has 6 heteroatoms. The molecule has 4 unspecified atom stereocenters. The van der Waals surface area contributed by atoms with Crippen molar-refractivity contribution in [3.8, 4) is 0 Å². The molecule has 0 radical (unpaired) electrons. The Hall–Kier alpha value is -2.37. The maximum atomic E-state index is 12.9. The highest BCUT2D eigenvalue weighted by Gasteiger charge is 2.49. The number of amides is 4. The van der Waals surface area contributed by atoms with E-state index >= 15 is 0 Å². The van der Waals surface area contributed by atoms with Crippen LogP contribution in [0.4, 0.5) is 4.79 Å². The predicted molar refractivity (Wildman–Crippen MR) is 103 cm³/mol. The number of rotatable bonds is 4. The first kappa shape index (κ1) is 19.4. The molecule has 1 aliphatic carbocycles. The lowest BCUT2D eigenvalue weighted by Gasteiger charge is -2.34. The van der Waals surface area contributed by atoms with Gasteiger partial charge < -0.3 is 10.6 Å². The van der Waals surface area contributed by atoms with E-state index in [0.717, 1.165) is 23.3 Å². The van der Waals surface area contributed by atoms with Gasteiger partial charge in [-0.3, -0.25) is 14.5 Å². The zero-order chi connectivity index (χ0) is 19.8. The molecule has 0 aromatic heterocycles. The number of hydrogen-bond acceptors (Lipinski definition) is 3. The number of urea groups is 1. The van der Waals surface area contributed by atoms with E-state index in [-0.39, 0.29) is 18.5 Å². The van der Waals surface area contributed by atoms with Crippen molar-refractivity contribution in [2.45, 2.75) is 58.5 Å². The number of benzene rings is 1. The highest BCUT2D eigenvalue weighted by molar-refractivity contribution is 6.09. The molecule has 1 aromatic rings. The number of nitrogens with one attached hydrogen (secondary N) is 2. The second-order valence-corrected chi connectivity index (χ2v) is 8.25. The van der Waals surface area contributed by atoms with Crippen molar-refractivity contribution in [1.82, 2.24) is 15.5 Å². The van der Waals surface area contributed by atoms with Crippen molar-refractivity contribution in [2.75, 3.05) is 6.54 Å². The molecule has 0 spiro atoms. The molecule has 2 aliphatic rings. The van der Waals surface area contributed by atoms with Gasteiger partial charge in [0.2, 0.25) is 5.91 Å². The first-order valence-corrected chi connectivity index (χ1v) is 9.73. The van der Waals surface area contributed by atoms with Crippen molar-refractivity contribution < 1.29 is 14.4 Å². The summed E-state index contributed by atoms with van der Waals surface area (Å²) >= 11 is 0. The van der Waals surface area contributed by atoms with Crippen LogP contribution >= 0.6 is 0 Å². The summed E-state index contributed by atoms with van der Waals surface area (Å²) in [6.45, 7) is 7.75. The molecule has 2 fully saturated rings. The lowest BCUT2D eigenvalue weighted by molar-refractivity contribution is -0.135. The molecule has 6 nitrogen and oxygen atoms in total. The van der Waals surface area contributed by atoms with Gasteiger partial charge in [-0.25, -0.2) is 4.79 Å². The largest absolute Gasteiger partial charge is 0.352 e. The summed E-state index contributed by atoms with van der Waals surface area (Å²) in [7, 11) is 0. The molecule has 1 heterocycles. The average Bonchev–Trinajstić information content (AvgIpc) is 2.83. The Morgan fingerprint density at radius 3 is 2.56 bits per heavy atom. The van der Waals surface area contributed by atoms with Gasteiger partial charge in [0.25, 0.3) is 5.91 Å². The quantitative estimate of drug-likeness (QED) is 0.799. The van der Waals surface area contributed by atoms with Gasteiger partial charge in [0.15, 0.2) is 0 Å². The summed E-state index contributed by atoms with van der Waals surface area (Å²) in [6.07, 6.45) is 3.21. The zero-order valence-corrected chi connectivity index (χ0v) is 16.5. The smallest absolute Gasteiger partial charge is 0.325 e. The van der Waals surface area contributed by atoms with Crippen molar-refractivity contribution in [2.24, 2.45) is 11.8 Å². The first-order valence-electron chi connectivity index (χ1n) is 9.73. The fourth-order valence-corrected chi connectivity index (χ4v) is 4.10. The summed E-state index contributed by atoms with van der Waals surface area (Å²) in [6, 6.07) is 7.06. The number of hydrogen-bond donors (Lipinski definition) is 2. The van der Waals surface area contributed by atoms with Crippen molar-refractivity contribution in [1.29, 1.82) is 0 Å². The third-order valence-corrected chi connectivity index (χ3v) is 6.26. The SMILES string of the molecule is Cc1ccc(C2(C)NC(=O)N(CC(=O)NC3CCCC(C)C3C)C2=O)cc1. The first-order chi connectivity index (χ1) is 12.7. The third-order valence-electron chi connectivity index (χ3n) is 6.26. The van der Waals surface area contributed by atoms with Gasteiger partial charge in [-0.15, -0.1) is 0 Å². The minimum absolute atomic E-state index is 0.102. The number of imide groups is 1. The van der Waals surface area contributed by atoms with Crippen LogP contribution in [0.1, 0.15) is 51.2 Å². The summed E-state index contributed by atoms with van der Waals surface area (Å²) in [5.41, 5.74) is 0.646. The van der Waals surface area contributed by atoms with Crippen LogP contribution < -0.4 is 10.6 Å². The lowest BCUT2D eigenvalue weighted by atomic mass is 9.78. The Labute approximate surface area is 160 Å². The van der Waals surface area contributed by atoms with Crippen molar-refractivity contribution in [3.63, 3.8) is 0 Å². The molecule has 146 valence electrons. The van der Waals surface area contributed by atoms with Gasteiger partial charge in [0.1, 0.15) is 12.1 Å². The number of nitrogens with zero attached hydrogens (tertiary/aromatic N) is 1. The number of aryl methyl sites for hydroxylation is 1. The predicted octanol–water partition coefficient (Wildman–Crippen LogP) is 2.70. The minimum atomic E-state index is -1.14. The molecular weight excluding hydrogens is 342 g/mol. The molecule has 4 amide bonds. The van der Waals surface area contributed by atoms with Crippen LogP contribution in [0, 0.1) is 18.8 Å². The number of carbonyl (C=O) groups is 3. The summed E-state index contributed by atoms with van der Waals surface area (Å²) in [5.74, 6) is 0.281. The Kier molecular flexibility index (Phi) is 5.27. The fourth-order valence-electron chi connectivity index (χ4n) is 4.10. The van der Waals surface area contributed by atoms with Crippen molar-refractivity contribution >= 4 is 17.8 Å². The standard InChI is InChI=1S/C21H29N3O3/c1-13-8-10-16(11-9-13)21(4)19(26)24(20(27)23-21)12-18(25)22-17-7-5-6-14(2)15(17)3/h8-11,14-15,17H,5-7,12H2,1-4H3,(H,22,25)(H,23,27). The monoisotopic (exact) mass is 371 g/mol. The van der Waals surface area contributed by atoms with Crippen LogP contribution in [0.15, 0.2) is 24.3 Å². The van der Waals surface area contributed by atoms with Crippen LogP contribution in [-0.2, 0) is 15.1 Å². The van der Waals surface area contributed by atoms with E-state index in [1.807, 2.05) is 31.2 Å². The molecular formula is C21H29N3O3. The summed E-state index contributed by atoms with van der Waals surface area (Å²) in [4.78, 5) is 38.9. The van der Waals surface area contributed by atoms with E-state index in [1.165, 1.54) is 6.42 Å². The van der Waals surface area contributed by atoms with Gasteiger partial charge in [-0.2, -0.15) is 0 Å².